The first-order valence-corrected chi connectivity index (χ1v) is 6.54. The summed E-state index contributed by atoms with van der Waals surface area (Å²) in [5.74, 6) is 0.669. The summed E-state index contributed by atoms with van der Waals surface area (Å²) >= 11 is 0. The van der Waals surface area contributed by atoms with Crippen molar-refractivity contribution < 1.29 is 4.74 Å². The normalized spacial score (nSPS) is 22.4. The van der Waals surface area contributed by atoms with E-state index in [0.29, 0.717) is 5.95 Å². The summed E-state index contributed by atoms with van der Waals surface area (Å²) in [5.41, 5.74) is 2.26. The molecule has 0 bridgehead atoms. The van der Waals surface area contributed by atoms with E-state index in [1.165, 1.54) is 5.56 Å². The molecule has 0 spiro atoms. The number of hydrogen-bond acceptors (Lipinski definition) is 4. The molecule has 1 N–H and O–H groups in total. The van der Waals surface area contributed by atoms with Gasteiger partial charge in [-0.15, -0.1) is 0 Å². The van der Waals surface area contributed by atoms with Crippen LogP contribution in [0.25, 0.3) is 0 Å². The maximum absolute atomic E-state index is 5.83. The quantitative estimate of drug-likeness (QED) is 0.916. The van der Waals surface area contributed by atoms with Crippen LogP contribution in [0.2, 0.25) is 0 Å². The molecule has 1 aliphatic heterocycles. The van der Waals surface area contributed by atoms with Gasteiger partial charge in [0, 0.05) is 19.0 Å². The largest absolute Gasteiger partial charge is 0.371 e. The molecule has 1 saturated heterocycles. The van der Waals surface area contributed by atoms with Crippen LogP contribution in [0.1, 0.15) is 23.7 Å². The van der Waals surface area contributed by atoms with Gasteiger partial charge in [0.25, 0.3) is 0 Å². The highest BCUT2D eigenvalue weighted by Crippen LogP contribution is 2.30. The van der Waals surface area contributed by atoms with E-state index in [9.17, 15) is 0 Å². The summed E-state index contributed by atoms with van der Waals surface area (Å²) in [6.07, 6.45) is 4.69. The van der Waals surface area contributed by atoms with E-state index in [-0.39, 0.29) is 12.1 Å². The molecule has 1 aromatic heterocycles. The summed E-state index contributed by atoms with van der Waals surface area (Å²) in [5, 5.41) is 3.37. The molecule has 2 atom stereocenters. The number of hydrogen-bond donors (Lipinski definition) is 1. The molecular formula is C15H17N3O. The fourth-order valence-corrected chi connectivity index (χ4v) is 2.34. The Morgan fingerprint density at radius 3 is 2.63 bits per heavy atom. The van der Waals surface area contributed by atoms with Gasteiger partial charge in [0.15, 0.2) is 0 Å². The first-order chi connectivity index (χ1) is 9.33. The minimum atomic E-state index is 0.0751. The van der Waals surface area contributed by atoms with Crippen LogP contribution < -0.4 is 5.32 Å². The third kappa shape index (κ3) is 2.74. The van der Waals surface area contributed by atoms with Crippen LogP contribution in [0.15, 0.2) is 42.7 Å². The van der Waals surface area contributed by atoms with Gasteiger partial charge in [-0.1, -0.05) is 30.3 Å². The van der Waals surface area contributed by atoms with Crippen LogP contribution in [-0.4, -0.2) is 22.6 Å². The fraction of sp³-hybridized carbons (Fsp3) is 0.333. The zero-order chi connectivity index (χ0) is 13.1. The number of aromatic nitrogens is 2. The third-order valence-corrected chi connectivity index (χ3v) is 3.32. The van der Waals surface area contributed by atoms with E-state index in [1.54, 1.807) is 0 Å². The molecule has 1 aromatic carbocycles. The van der Waals surface area contributed by atoms with Gasteiger partial charge in [-0.05, 0) is 24.5 Å². The Bertz CT molecular complexity index is 527. The summed E-state index contributed by atoms with van der Waals surface area (Å²) in [6.45, 7) is 2.75. The highest BCUT2D eigenvalue weighted by molar-refractivity contribution is 5.30. The Balaban J connectivity index is 1.75. The van der Waals surface area contributed by atoms with Crippen molar-refractivity contribution in [3.8, 4) is 0 Å². The van der Waals surface area contributed by atoms with E-state index in [1.807, 2.05) is 37.5 Å². The monoisotopic (exact) mass is 255 g/mol. The molecule has 4 nitrogen and oxygen atoms in total. The van der Waals surface area contributed by atoms with Crippen LogP contribution in [0.5, 0.6) is 0 Å². The molecule has 3 rings (SSSR count). The highest BCUT2D eigenvalue weighted by atomic mass is 16.5. The molecule has 0 saturated carbocycles. The highest BCUT2D eigenvalue weighted by Gasteiger charge is 2.29. The van der Waals surface area contributed by atoms with Crippen molar-refractivity contribution in [3.05, 3.63) is 53.9 Å². The van der Waals surface area contributed by atoms with E-state index >= 15 is 0 Å². The second-order valence-electron chi connectivity index (χ2n) is 4.83. The number of anilines is 1. The smallest absolute Gasteiger partial charge is 0.222 e. The maximum Gasteiger partial charge on any atom is 0.222 e. The molecule has 2 aromatic rings. The predicted molar refractivity (Wildman–Crippen MR) is 73.9 cm³/mol. The van der Waals surface area contributed by atoms with Gasteiger partial charge >= 0.3 is 0 Å². The van der Waals surface area contributed by atoms with Crippen LogP contribution >= 0.6 is 0 Å². The molecule has 0 amide bonds. The topological polar surface area (TPSA) is 47.0 Å². The van der Waals surface area contributed by atoms with Crippen LogP contribution in [0.3, 0.4) is 0 Å². The number of nitrogens with one attached hydrogen (secondary N) is 1. The van der Waals surface area contributed by atoms with Gasteiger partial charge in [0.1, 0.15) is 6.10 Å². The lowest BCUT2D eigenvalue weighted by atomic mass is 10.0. The lowest BCUT2D eigenvalue weighted by Crippen LogP contribution is -2.24. The SMILES string of the molecule is Cc1cnc(NC2CCOC2c2ccccc2)nc1. The second kappa shape index (κ2) is 5.36. The van der Waals surface area contributed by atoms with Gasteiger partial charge in [-0.2, -0.15) is 0 Å². The molecular weight excluding hydrogens is 238 g/mol. The molecule has 98 valence electrons. The Labute approximate surface area is 112 Å². The minimum absolute atomic E-state index is 0.0751. The molecule has 19 heavy (non-hydrogen) atoms. The standard InChI is InChI=1S/C15H17N3O/c1-11-9-16-15(17-10-11)18-13-7-8-19-14(13)12-5-3-2-4-6-12/h2-6,9-10,13-14H,7-8H2,1H3,(H,16,17,18). The van der Waals surface area contributed by atoms with E-state index in [0.717, 1.165) is 18.6 Å². The van der Waals surface area contributed by atoms with Crippen molar-refractivity contribution in [1.82, 2.24) is 9.97 Å². The minimum Gasteiger partial charge on any atom is -0.371 e. The van der Waals surface area contributed by atoms with E-state index in [2.05, 4.69) is 27.4 Å². The average molecular weight is 255 g/mol. The van der Waals surface area contributed by atoms with Gasteiger partial charge in [0.2, 0.25) is 5.95 Å². The molecule has 2 unspecified atom stereocenters. The first kappa shape index (κ1) is 12.1. The molecule has 1 aliphatic rings. The Kier molecular flexibility index (Phi) is 3.42. The zero-order valence-corrected chi connectivity index (χ0v) is 10.9. The van der Waals surface area contributed by atoms with Crippen molar-refractivity contribution >= 4 is 5.95 Å². The van der Waals surface area contributed by atoms with Crippen LogP contribution in [-0.2, 0) is 4.74 Å². The van der Waals surface area contributed by atoms with Gasteiger partial charge in [0.05, 0.1) is 6.04 Å². The van der Waals surface area contributed by atoms with Gasteiger partial charge in [-0.25, -0.2) is 9.97 Å². The molecule has 0 aliphatic carbocycles. The van der Waals surface area contributed by atoms with Gasteiger partial charge in [-0.3, -0.25) is 0 Å². The average Bonchev–Trinajstić information content (AvgIpc) is 2.90. The summed E-state index contributed by atoms with van der Waals surface area (Å²) in [4.78, 5) is 8.58. The summed E-state index contributed by atoms with van der Waals surface area (Å²) in [6, 6.07) is 10.5. The number of aryl methyl sites for hydroxylation is 1. The molecule has 1 fully saturated rings. The van der Waals surface area contributed by atoms with Crippen molar-refractivity contribution in [2.45, 2.75) is 25.5 Å². The lowest BCUT2D eigenvalue weighted by Gasteiger charge is -2.20. The maximum atomic E-state index is 5.83. The summed E-state index contributed by atoms with van der Waals surface area (Å²) < 4.78 is 5.83. The lowest BCUT2D eigenvalue weighted by molar-refractivity contribution is 0.107. The van der Waals surface area contributed by atoms with Crippen molar-refractivity contribution in [3.63, 3.8) is 0 Å². The number of rotatable bonds is 3. The van der Waals surface area contributed by atoms with E-state index in [4.69, 9.17) is 4.74 Å². The van der Waals surface area contributed by atoms with E-state index < -0.39 is 0 Å². The van der Waals surface area contributed by atoms with Crippen molar-refractivity contribution in [2.24, 2.45) is 0 Å². The van der Waals surface area contributed by atoms with Crippen LogP contribution in [0, 0.1) is 6.92 Å². The Morgan fingerprint density at radius 1 is 1.16 bits per heavy atom. The van der Waals surface area contributed by atoms with Crippen molar-refractivity contribution in [1.29, 1.82) is 0 Å². The van der Waals surface area contributed by atoms with Crippen molar-refractivity contribution in [2.75, 3.05) is 11.9 Å². The number of ether oxygens (including phenoxy) is 1. The molecule has 0 radical (unpaired) electrons. The number of nitrogens with zero attached hydrogens (tertiary/aromatic N) is 2. The zero-order valence-electron chi connectivity index (χ0n) is 10.9. The number of benzene rings is 1. The van der Waals surface area contributed by atoms with Gasteiger partial charge < -0.3 is 10.1 Å². The second-order valence-corrected chi connectivity index (χ2v) is 4.83. The third-order valence-electron chi connectivity index (χ3n) is 3.32. The summed E-state index contributed by atoms with van der Waals surface area (Å²) in [7, 11) is 0. The fourth-order valence-electron chi connectivity index (χ4n) is 2.34. The molecule has 2 heterocycles. The van der Waals surface area contributed by atoms with Crippen LogP contribution in [0.4, 0.5) is 5.95 Å². The Hall–Kier alpha value is -1.94. The molecule has 4 heteroatoms. The first-order valence-electron chi connectivity index (χ1n) is 6.54. The Morgan fingerprint density at radius 2 is 1.89 bits per heavy atom. The predicted octanol–water partition coefficient (Wildman–Crippen LogP) is 2.73.